The first-order valence-electron chi connectivity index (χ1n) is 6.55. The van der Waals surface area contributed by atoms with Gasteiger partial charge in [0.05, 0.1) is 6.10 Å². The van der Waals surface area contributed by atoms with Crippen LogP contribution in [0.15, 0.2) is 0 Å². The highest BCUT2D eigenvalue weighted by atomic mass is 16.5. The number of carbonyl (C=O) groups excluding carboxylic acids is 1. The Hall–Kier alpha value is -0.410. The molecule has 0 aromatic heterocycles. The Morgan fingerprint density at radius 1 is 1.44 bits per heavy atom. The van der Waals surface area contributed by atoms with E-state index in [1.165, 1.54) is 12.8 Å². The van der Waals surface area contributed by atoms with E-state index in [1.807, 2.05) is 0 Å². The number of hydrogen-bond acceptors (Lipinski definition) is 3. The Bertz CT molecular complexity index is 200. The van der Waals surface area contributed by atoms with Gasteiger partial charge in [0, 0.05) is 19.6 Å². The molecule has 94 valence electrons. The lowest BCUT2D eigenvalue weighted by molar-refractivity contribution is -0.117. The second kappa shape index (κ2) is 7.80. The Kier molecular flexibility index (Phi) is 6.65. The predicted molar refractivity (Wildman–Crippen MR) is 65.6 cm³/mol. The van der Waals surface area contributed by atoms with Gasteiger partial charge in [0.1, 0.15) is 5.78 Å². The molecule has 0 N–H and O–H groups in total. The van der Waals surface area contributed by atoms with Crippen molar-refractivity contribution in [2.24, 2.45) is 0 Å². The zero-order valence-corrected chi connectivity index (χ0v) is 10.7. The summed E-state index contributed by atoms with van der Waals surface area (Å²) in [7, 11) is 0. The second-order valence-electron chi connectivity index (χ2n) is 4.69. The molecule has 1 atom stereocenters. The van der Waals surface area contributed by atoms with Crippen LogP contribution < -0.4 is 0 Å². The SMILES string of the molecule is CCN(CCCCC(C)=O)CC1CCCO1. The first-order valence-corrected chi connectivity index (χ1v) is 6.55. The Morgan fingerprint density at radius 3 is 2.81 bits per heavy atom. The molecular formula is C13H25NO2. The Balaban J connectivity index is 2.08. The van der Waals surface area contributed by atoms with Crippen LogP contribution in [0.1, 0.15) is 46.0 Å². The largest absolute Gasteiger partial charge is 0.377 e. The summed E-state index contributed by atoms with van der Waals surface area (Å²) in [6.07, 6.45) is 5.76. The molecule has 3 heteroatoms. The van der Waals surface area contributed by atoms with Crippen LogP contribution in [0.25, 0.3) is 0 Å². The number of nitrogens with zero attached hydrogens (tertiary/aromatic N) is 1. The molecule has 1 saturated heterocycles. The van der Waals surface area contributed by atoms with E-state index in [0.29, 0.717) is 11.9 Å². The third kappa shape index (κ3) is 5.61. The van der Waals surface area contributed by atoms with Crippen molar-refractivity contribution < 1.29 is 9.53 Å². The number of ether oxygens (including phenoxy) is 1. The molecule has 0 aromatic carbocycles. The van der Waals surface area contributed by atoms with Crippen molar-refractivity contribution >= 4 is 5.78 Å². The van der Waals surface area contributed by atoms with Crippen LogP contribution in [0.5, 0.6) is 0 Å². The maximum atomic E-state index is 10.8. The average Bonchev–Trinajstić information content (AvgIpc) is 2.75. The highest BCUT2D eigenvalue weighted by molar-refractivity contribution is 5.75. The molecule has 1 aliphatic rings. The molecule has 0 bridgehead atoms. The Labute approximate surface area is 99.1 Å². The standard InChI is InChI=1S/C13H25NO2/c1-3-14(9-5-4-7-12(2)15)11-13-8-6-10-16-13/h13H,3-11H2,1-2H3. The topological polar surface area (TPSA) is 29.5 Å². The van der Waals surface area contributed by atoms with Crippen molar-refractivity contribution in [3.63, 3.8) is 0 Å². The first-order chi connectivity index (χ1) is 7.72. The summed E-state index contributed by atoms with van der Waals surface area (Å²) < 4.78 is 5.63. The maximum Gasteiger partial charge on any atom is 0.129 e. The second-order valence-corrected chi connectivity index (χ2v) is 4.69. The quantitative estimate of drug-likeness (QED) is 0.596. The van der Waals surface area contributed by atoms with Gasteiger partial charge in [-0.15, -0.1) is 0 Å². The van der Waals surface area contributed by atoms with Gasteiger partial charge in [0.15, 0.2) is 0 Å². The molecule has 1 aliphatic heterocycles. The molecule has 16 heavy (non-hydrogen) atoms. The van der Waals surface area contributed by atoms with Gasteiger partial charge in [-0.1, -0.05) is 6.92 Å². The number of hydrogen-bond donors (Lipinski definition) is 0. The van der Waals surface area contributed by atoms with Crippen LogP contribution in [0.2, 0.25) is 0 Å². The molecular weight excluding hydrogens is 202 g/mol. The molecule has 0 radical (unpaired) electrons. The minimum Gasteiger partial charge on any atom is -0.377 e. The fourth-order valence-corrected chi connectivity index (χ4v) is 2.16. The molecule has 0 saturated carbocycles. The van der Waals surface area contributed by atoms with E-state index in [1.54, 1.807) is 6.92 Å². The molecule has 0 aromatic rings. The lowest BCUT2D eigenvalue weighted by Crippen LogP contribution is -2.32. The predicted octanol–water partition coefficient (Wildman–Crippen LogP) is 2.25. The minimum atomic E-state index is 0.308. The van der Waals surface area contributed by atoms with Gasteiger partial charge in [-0.05, 0) is 45.7 Å². The number of unbranched alkanes of at least 4 members (excludes halogenated alkanes) is 1. The normalized spacial score (nSPS) is 20.6. The van der Waals surface area contributed by atoms with Crippen LogP contribution in [-0.2, 0) is 9.53 Å². The summed E-state index contributed by atoms with van der Waals surface area (Å²) >= 11 is 0. The summed E-state index contributed by atoms with van der Waals surface area (Å²) in [4.78, 5) is 13.2. The van der Waals surface area contributed by atoms with Gasteiger partial charge in [-0.3, -0.25) is 0 Å². The van der Waals surface area contributed by atoms with Crippen molar-refractivity contribution in [2.75, 3.05) is 26.2 Å². The van der Waals surface area contributed by atoms with E-state index in [-0.39, 0.29) is 0 Å². The van der Waals surface area contributed by atoms with Crippen LogP contribution in [-0.4, -0.2) is 43.0 Å². The molecule has 3 nitrogen and oxygen atoms in total. The van der Waals surface area contributed by atoms with Gasteiger partial charge in [0.25, 0.3) is 0 Å². The van der Waals surface area contributed by atoms with Gasteiger partial charge in [0.2, 0.25) is 0 Å². The molecule has 1 fully saturated rings. The first kappa shape index (κ1) is 13.7. The van der Waals surface area contributed by atoms with Crippen LogP contribution in [0, 0.1) is 0 Å². The van der Waals surface area contributed by atoms with Crippen molar-refractivity contribution in [3.05, 3.63) is 0 Å². The molecule has 0 aliphatic carbocycles. The van der Waals surface area contributed by atoms with Crippen molar-refractivity contribution in [3.8, 4) is 0 Å². The van der Waals surface area contributed by atoms with E-state index in [9.17, 15) is 4.79 Å². The lowest BCUT2D eigenvalue weighted by Gasteiger charge is -2.23. The number of carbonyl (C=O) groups is 1. The Morgan fingerprint density at radius 2 is 2.25 bits per heavy atom. The van der Waals surface area contributed by atoms with Gasteiger partial charge in [-0.2, -0.15) is 0 Å². The van der Waals surface area contributed by atoms with E-state index in [4.69, 9.17) is 4.74 Å². The van der Waals surface area contributed by atoms with Crippen LogP contribution >= 0.6 is 0 Å². The lowest BCUT2D eigenvalue weighted by atomic mass is 10.1. The van der Waals surface area contributed by atoms with Crippen LogP contribution in [0.3, 0.4) is 0 Å². The summed E-state index contributed by atoms with van der Waals surface area (Å²) in [5, 5.41) is 0. The fraction of sp³-hybridized carbons (Fsp3) is 0.923. The van der Waals surface area contributed by atoms with E-state index in [2.05, 4.69) is 11.8 Å². The zero-order valence-electron chi connectivity index (χ0n) is 10.7. The van der Waals surface area contributed by atoms with E-state index < -0.39 is 0 Å². The highest BCUT2D eigenvalue weighted by Crippen LogP contribution is 2.13. The molecule has 1 rings (SSSR count). The molecule has 0 amide bonds. The van der Waals surface area contributed by atoms with Gasteiger partial charge >= 0.3 is 0 Å². The van der Waals surface area contributed by atoms with E-state index in [0.717, 1.165) is 45.5 Å². The monoisotopic (exact) mass is 227 g/mol. The van der Waals surface area contributed by atoms with E-state index >= 15 is 0 Å². The summed E-state index contributed by atoms with van der Waals surface area (Å²) in [5.41, 5.74) is 0. The van der Waals surface area contributed by atoms with Crippen molar-refractivity contribution in [2.45, 2.75) is 52.1 Å². The summed E-state index contributed by atoms with van der Waals surface area (Å²) in [5.74, 6) is 0.308. The fourth-order valence-electron chi connectivity index (χ4n) is 2.16. The highest BCUT2D eigenvalue weighted by Gasteiger charge is 2.17. The zero-order chi connectivity index (χ0) is 11.8. The molecule has 1 heterocycles. The third-order valence-electron chi connectivity index (χ3n) is 3.19. The third-order valence-corrected chi connectivity index (χ3v) is 3.19. The number of rotatable bonds is 8. The van der Waals surface area contributed by atoms with Gasteiger partial charge in [-0.25, -0.2) is 0 Å². The van der Waals surface area contributed by atoms with Crippen molar-refractivity contribution in [1.29, 1.82) is 0 Å². The van der Waals surface area contributed by atoms with Gasteiger partial charge < -0.3 is 14.4 Å². The average molecular weight is 227 g/mol. The maximum absolute atomic E-state index is 10.8. The number of Topliss-reactive ketones (excluding diaryl/α,β-unsaturated/α-hetero) is 1. The minimum absolute atomic E-state index is 0.308. The number of ketones is 1. The van der Waals surface area contributed by atoms with Crippen molar-refractivity contribution in [1.82, 2.24) is 4.90 Å². The van der Waals surface area contributed by atoms with Crippen LogP contribution in [0.4, 0.5) is 0 Å². The smallest absolute Gasteiger partial charge is 0.129 e. The molecule has 0 spiro atoms. The molecule has 1 unspecified atom stereocenters. The summed E-state index contributed by atoms with van der Waals surface area (Å²) in [6.45, 7) is 8.05. The summed E-state index contributed by atoms with van der Waals surface area (Å²) in [6, 6.07) is 0. The number of likely N-dealkylation sites (N-methyl/N-ethyl adjacent to an activating group) is 1.